The van der Waals surface area contributed by atoms with E-state index in [4.69, 9.17) is 14.9 Å². The van der Waals surface area contributed by atoms with Gasteiger partial charge in [-0.05, 0) is 59.1 Å². The van der Waals surface area contributed by atoms with Crippen LogP contribution in [0.2, 0.25) is 0 Å². The second kappa shape index (κ2) is 10.2. The highest BCUT2D eigenvalue weighted by molar-refractivity contribution is 7.15. The van der Waals surface area contributed by atoms with Crippen LogP contribution in [0, 0.1) is 32.7 Å². The van der Waals surface area contributed by atoms with Crippen molar-refractivity contribution in [3.63, 3.8) is 0 Å². The Balaban J connectivity index is 1.79. The van der Waals surface area contributed by atoms with Gasteiger partial charge in [-0.3, -0.25) is 19.6 Å². The van der Waals surface area contributed by atoms with Gasteiger partial charge in [-0.25, -0.2) is 5.48 Å². The molecular formula is C27H31N5O3S. The van der Waals surface area contributed by atoms with Crippen LogP contribution in [0.4, 0.5) is 0 Å². The number of nitrogens with one attached hydrogen (secondary N) is 1. The minimum Gasteiger partial charge on any atom is -0.460 e. The molecule has 0 saturated heterocycles. The lowest BCUT2D eigenvalue weighted by Crippen LogP contribution is -2.25. The molecule has 1 aliphatic rings. The summed E-state index contributed by atoms with van der Waals surface area (Å²) in [4.78, 5) is 19.2. The lowest BCUT2D eigenvalue weighted by Gasteiger charge is -2.21. The van der Waals surface area contributed by atoms with Crippen LogP contribution in [0.3, 0.4) is 0 Å². The van der Waals surface area contributed by atoms with E-state index in [0.717, 1.165) is 45.2 Å². The number of carbonyl (C=O) groups is 1. The van der Waals surface area contributed by atoms with E-state index in [2.05, 4.69) is 60.3 Å². The Morgan fingerprint density at radius 3 is 2.58 bits per heavy atom. The van der Waals surface area contributed by atoms with E-state index in [-0.39, 0.29) is 12.4 Å². The summed E-state index contributed by atoms with van der Waals surface area (Å²) in [5.41, 5.74) is 6.40. The van der Waals surface area contributed by atoms with Gasteiger partial charge in [0.15, 0.2) is 5.82 Å². The molecule has 0 radical (unpaired) electrons. The molecule has 188 valence electrons. The van der Waals surface area contributed by atoms with E-state index in [1.54, 1.807) is 11.3 Å². The molecule has 2 N–H and O–H groups in total. The number of aliphatic imine (C=N–C) groups is 1. The molecule has 4 rings (SSSR count). The SMILES string of the molecule is Cc1sc2c(c1C)C(c1ccc(CCC#CNO)cc1)=NC(CC(=O)OC(C)(C)C)c1nnc(C)n1-2. The van der Waals surface area contributed by atoms with Gasteiger partial charge < -0.3 is 4.74 Å². The zero-order valence-corrected chi connectivity index (χ0v) is 22.3. The highest BCUT2D eigenvalue weighted by Gasteiger charge is 2.33. The summed E-state index contributed by atoms with van der Waals surface area (Å²) in [5, 5.41) is 18.4. The number of rotatable bonds is 5. The van der Waals surface area contributed by atoms with E-state index in [1.165, 1.54) is 4.88 Å². The normalized spacial score (nSPS) is 14.6. The topological polar surface area (TPSA) is 102 Å². The van der Waals surface area contributed by atoms with Gasteiger partial charge in [0.2, 0.25) is 0 Å². The van der Waals surface area contributed by atoms with Crippen molar-refractivity contribution in [2.45, 2.75) is 72.4 Å². The molecule has 0 aliphatic carbocycles. The first-order valence-electron chi connectivity index (χ1n) is 11.9. The number of esters is 1. The molecule has 1 aromatic carbocycles. The van der Waals surface area contributed by atoms with Gasteiger partial charge in [-0.15, -0.1) is 21.5 Å². The molecule has 3 aromatic rings. The van der Waals surface area contributed by atoms with Gasteiger partial charge in [0.1, 0.15) is 22.5 Å². The monoisotopic (exact) mass is 505 g/mol. The molecule has 0 amide bonds. The van der Waals surface area contributed by atoms with E-state index in [9.17, 15) is 4.79 Å². The number of hydroxylamine groups is 1. The van der Waals surface area contributed by atoms with Crippen molar-refractivity contribution in [1.29, 1.82) is 0 Å². The van der Waals surface area contributed by atoms with E-state index in [0.29, 0.717) is 12.2 Å². The Hall–Kier alpha value is -3.48. The number of hydrogen-bond donors (Lipinski definition) is 2. The van der Waals surface area contributed by atoms with Crippen LogP contribution in [0.5, 0.6) is 0 Å². The molecule has 8 nitrogen and oxygen atoms in total. The molecule has 0 fully saturated rings. The predicted octanol–water partition coefficient (Wildman–Crippen LogP) is 4.75. The second-order valence-electron chi connectivity index (χ2n) is 9.80. The van der Waals surface area contributed by atoms with Crippen molar-refractivity contribution in [1.82, 2.24) is 20.2 Å². The maximum Gasteiger partial charge on any atom is 0.308 e. The molecular weight excluding hydrogens is 474 g/mol. The Labute approximate surface area is 215 Å². The van der Waals surface area contributed by atoms with Crippen LogP contribution < -0.4 is 5.48 Å². The second-order valence-corrected chi connectivity index (χ2v) is 11.0. The maximum atomic E-state index is 12.8. The third-order valence-corrected chi connectivity index (χ3v) is 7.12. The van der Waals surface area contributed by atoms with Gasteiger partial charge in [0.05, 0.1) is 12.1 Å². The van der Waals surface area contributed by atoms with Crippen molar-refractivity contribution in [2.75, 3.05) is 0 Å². The van der Waals surface area contributed by atoms with Crippen LogP contribution in [0.15, 0.2) is 29.3 Å². The lowest BCUT2D eigenvalue weighted by atomic mass is 9.98. The van der Waals surface area contributed by atoms with E-state index >= 15 is 0 Å². The first-order valence-corrected chi connectivity index (χ1v) is 12.7. The number of fused-ring (bicyclic) bond motifs is 3. The molecule has 1 unspecified atom stereocenters. The fraction of sp³-hybridized carbons (Fsp3) is 0.407. The fourth-order valence-corrected chi connectivity index (χ4v) is 5.42. The van der Waals surface area contributed by atoms with Crippen molar-refractivity contribution < 1.29 is 14.7 Å². The molecule has 36 heavy (non-hydrogen) atoms. The number of aromatic nitrogens is 3. The van der Waals surface area contributed by atoms with Crippen LogP contribution >= 0.6 is 11.3 Å². The zero-order valence-electron chi connectivity index (χ0n) is 21.5. The zero-order chi connectivity index (χ0) is 26.0. The molecule has 0 bridgehead atoms. The maximum absolute atomic E-state index is 12.8. The lowest BCUT2D eigenvalue weighted by molar-refractivity contribution is -0.155. The number of ether oxygens (including phenoxy) is 1. The summed E-state index contributed by atoms with van der Waals surface area (Å²) in [6.07, 6.45) is 1.47. The van der Waals surface area contributed by atoms with Crippen LogP contribution in [-0.2, 0) is 16.0 Å². The molecule has 0 saturated carbocycles. The number of nitrogens with zero attached hydrogens (tertiary/aromatic N) is 4. The van der Waals surface area contributed by atoms with Gasteiger partial charge in [0.25, 0.3) is 0 Å². The largest absolute Gasteiger partial charge is 0.460 e. The van der Waals surface area contributed by atoms with E-state index in [1.807, 2.05) is 37.7 Å². The fourth-order valence-electron chi connectivity index (χ4n) is 4.20. The molecule has 9 heteroatoms. The summed E-state index contributed by atoms with van der Waals surface area (Å²) < 4.78 is 7.66. The van der Waals surface area contributed by atoms with Crippen molar-refractivity contribution in [3.05, 3.63) is 63.0 Å². The third kappa shape index (κ3) is 5.35. The smallest absolute Gasteiger partial charge is 0.308 e. The molecule has 1 aliphatic heterocycles. The quantitative estimate of drug-likeness (QED) is 0.225. The number of benzene rings is 1. The Bertz CT molecular complexity index is 1370. The molecule has 1 atom stereocenters. The van der Waals surface area contributed by atoms with Gasteiger partial charge >= 0.3 is 5.97 Å². The standard InChI is InChI=1S/C27H31N5O3S/c1-16-17(2)36-26-23(16)24(20-12-10-19(11-13-20)9-7-8-14-28-34)29-21(15-22(33)35-27(4,5)6)25-31-30-18(3)32(25)26/h10-13,21,28,34H,7,9,15H2,1-6H3. The van der Waals surface area contributed by atoms with Gasteiger partial charge in [-0.1, -0.05) is 30.2 Å². The average molecular weight is 506 g/mol. The number of aryl methyl sites for hydroxylation is 3. The number of thiophene rings is 1. The van der Waals surface area contributed by atoms with E-state index < -0.39 is 11.6 Å². The minimum atomic E-state index is -0.586. The third-order valence-electron chi connectivity index (χ3n) is 5.93. The summed E-state index contributed by atoms with van der Waals surface area (Å²) >= 11 is 1.68. The summed E-state index contributed by atoms with van der Waals surface area (Å²) in [7, 11) is 0. The minimum absolute atomic E-state index is 0.0710. The average Bonchev–Trinajstić information content (AvgIpc) is 3.28. The molecule has 3 heterocycles. The summed E-state index contributed by atoms with van der Waals surface area (Å²) in [5.74, 6) is 3.93. The Kier molecular flexibility index (Phi) is 7.29. The highest BCUT2D eigenvalue weighted by atomic mass is 32.1. The summed E-state index contributed by atoms with van der Waals surface area (Å²) in [6.45, 7) is 11.7. The van der Waals surface area contributed by atoms with Crippen molar-refractivity contribution >= 4 is 23.0 Å². The summed E-state index contributed by atoms with van der Waals surface area (Å²) in [6, 6.07) is 10.2. The van der Waals surface area contributed by atoms with Gasteiger partial charge in [0, 0.05) is 28.5 Å². The first kappa shape index (κ1) is 25.6. The predicted molar refractivity (Wildman–Crippen MR) is 140 cm³/mol. The van der Waals surface area contributed by atoms with Crippen molar-refractivity contribution in [3.8, 4) is 17.0 Å². The van der Waals surface area contributed by atoms with Crippen molar-refractivity contribution in [2.24, 2.45) is 4.99 Å². The Morgan fingerprint density at radius 1 is 1.19 bits per heavy atom. The Morgan fingerprint density at radius 2 is 1.92 bits per heavy atom. The highest BCUT2D eigenvalue weighted by Crippen LogP contribution is 2.39. The van der Waals surface area contributed by atoms with Crippen LogP contribution in [-0.4, -0.2) is 37.3 Å². The first-order chi connectivity index (χ1) is 17.1. The number of carbonyl (C=O) groups excluding carboxylic acids is 1. The van der Waals surface area contributed by atoms with Crippen LogP contribution in [0.1, 0.15) is 78.4 Å². The van der Waals surface area contributed by atoms with Crippen LogP contribution in [0.25, 0.3) is 5.00 Å². The van der Waals surface area contributed by atoms with Gasteiger partial charge in [-0.2, -0.15) is 0 Å². The number of hydrogen-bond acceptors (Lipinski definition) is 8. The molecule has 2 aromatic heterocycles. The molecule has 0 spiro atoms.